The molecule has 0 aromatic heterocycles. The lowest BCUT2D eigenvalue weighted by atomic mass is 10.1. The van der Waals surface area contributed by atoms with Crippen LogP contribution in [0.5, 0.6) is 0 Å². The summed E-state index contributed by atoms with van der Waals surface area (Å²) in [4.78, 5) is 4.47. The van der Waals surface area contributed by atoms with Gasteiger partial charge >= 0.3 is 0 Å². The Balaban J connectivity index is 0. The van der Waals surface area contributed by atoms with E-state index in [1.165, 1.54) is 51.4 Å². The second-order valence-electron chi connectivity index (χ2n) is 10.9. The predicted octanol–water partition coefficient (Wildman–Crippen LogP) is 6.55. The average molecular weight is 691 g/mol. The van der Waals surface area contributed by atoms with Crippen LogP contribution in [0.25, 0.3) is 0 Å². The summed E-state index contributed by atoms with van der Waals surface area (Å²) in [6.07, 6.45) is 14.5. The Bertz CT molecular complexity index is 700. The topological polar surface area (TPSA) is 116 Å². The molecule has 14 heteroatoms. The number of aliphatic hydroxyl groups is 2. The van der Waals surface area contributed by atoms with E-state index >= 15 is 0 Å². The first kappa shape index (κ1) is 38.5. The fourth-order valence-electron chi connectivity index (χ4n) is 3.97. The Morgan fingerprint density at radius 2 is 1.28 bits per heavy atom. The molecule has 0 spiro atoms. The molecule has 0 aliphatic rings. The van der Waals surface area contributed by atoms with Gasteiger partial charge in [-0.2, -0.15) is 0 Å². The maximum atomic E-state index is 9.97. The van der Waals surface area contributed by atoms with Gasteiger partial charge < -0.3 is 33.8 Å². The quantitative estimate of drug-likeness (QED) is 0.0232. The summed E-state index contributed by atoms with van der Waals surface area (Å²) < 4.78 is 50.3. The monoisotopic (exact) mass is 690 g/mol. The molecule has 6 atom stereocenters. The molecule has 0 rings (SSSR count). The van der Waals surface area contributed by atoms with Crippen molar-refractivity contribution in [2.45, 2.75) is 142 Å². The molecule has 0 heterocycles. The van der Waals surface area contributed by atoms with Gasteiger partial charge in [-0.3, -0.25) is 4.99 Å². The number of aliphatic hydroxyl groups excluding tert-OH is 2. The molecular weight excluding hydrogens is 620 g/mol. The number of nitrogens with zero attached hydrogens (tertiary/aromatic N) is 1. The molecule has 8 nitrogen and oxygen atoms in total. The van der Waals surface area contributed by atoms with E-state index in [1.54, 1.807) is 0 Å². The molecule has 43 heavy (non-hydrogen) atoms. The maximum Gasteiger partial charge on any atom is 0.137 e. The van der Waals surface area contributed by atoms with Gasteiger partial charge in [0.1, 0.15) is 15.1 Å². The van der Waals surface area contributed by atoms with Gasteiger partial charge in [0, 0.05) is 42.3 Å². The van der Waals surface area contributed by atoms with Crippen LogP contribution in [0.3, 0.4) is 0 Å². The highest BCUT2D eigenvalue weighted by Gasteiger charge is 2.10. The lowest BCUT2D eigenvalue weighted by Crippen LogP contribution is -2.31. The van der Waals surface area contributed by atoms with Gasteiger partial charge in [-0.25, -0.2) is 0 Å². The zero-order valence-electron chi connectivity index (χ0n) is 31.4. The van der Waals surface area contributed by atoms with Gasteiger partial charge in [0.15, 0.2) is 0 Å². The first-order valence-electron chi connectivity index (χ1n) is 18.0. The van der Waals surface area contributed by atoms with Gasteiger partial charge in [0.05, 0.1) is 53.3 Å². The molecule has 0 aromatic carbocycles. The van der Waals surface area contributed by atoms with Crippen molar-refractivity contribution in [2.24, 2.45) is 10.7 Å². The summed E-state index contributed by atoms with van der Waals surface area (Å²) in [6, 6.07) is -0.356. The zero-order chi connectivity index (χ0) is 35.5. The molecule has 2 unspecified atom stereocenters. The first-order valence-corrected chi connectivity index (χ1v) is 20.6. The van der Waals surface area contributed by atoms with Gasteiger partial charge in [-0.05, 0) is 42.2 Å². The molecule has 0 aromatic rings. The van der Waals surface area contributed by atoms with Crippen LogP contribution in [0.2, 0.25) is 0 Å². The van der Waals surface area contributed by atoms with Crippen molar-refractivity contribution in [3.8, 4) is 0 Å². The maximum absolute atomic E-state index is 9.97. The molecule has 0 saturated heterocycles. The van der Waals surface area contributed by atoms with Crippen molar-refractivity contribution in [1.29, 1.82) is 5.23 Å². The highest BCUT2D eigenvalue weighted by molar-refractivity contribution is 8.53. The summed E-state index contributed by atoms with van der Waals surface area (Å²) >= 11 is 1.99. The van der Waals surface area contributed by atoms with E-state index in [4.69, 9.17) is 28.8 Å². The molecule has 0 aliphatic carbocycles. The fraction of sp³-hybridized carbons (Fsp3) is 0.966. The van der Waals surface area contributed by atoms with Gasteiger partial charge in [0.25, 0.3) is 0 Å². The second-order valence-corrected chi connectivity index (χ2v) is 14.2. The van der Waals surface area contributed by atoms with Gasteiger partial charge in [-0.1, -0.05) is 93.3 Å². The Morgan fingerprint density at radius 3 is 1.77 bits per heavy atom. The summed E-state index contributed by atoms with van der Waals surface area (Å²) in [5.74, 6) is 0. The van der Waals surface area contributed by atoms with E-state index in [-0.39, 0.29) is 24.3 Å². The van der Waals surface area contributed by atoms with Crippen molar-refractivity contribution in [1.82, 2.24) is 0 Å². The van der Waals surface area contributed by atoms with Crippen LogP contribution < -0.4 is 5.73 Å². The summed E-state index contributed by atoms with van der Waals surface area (Å²) in [5, 5.41) is 19.8. The molecule has 0 saturated carbocycles. The molecule has 2 radical (unpaired) electrons. The van der Waals surface area contributed by atoms with Crippen LogP contribution in [0, 0.1) is 0 Å². The molecular formula is C29H64B2N2O6P2S2. The van der Waals surface area contributed by atoms with Gasteiger partial charge in [0.2, 0.25) is 0 Å². The van der Waals surface area contributed by atoms with E-state index in [1.807, 2.05) is 13.8 Å². The zero-order valence-corrected chi connectivity index (χ0v) is 30.8. The summed E-state index contributed by atoms with van der Waals surface area (Å²) in [7, 11) is -0.440. The molecule has 0 aliphatic heterocycles. The van der Waals surface area contributed by atoms with E-state index in [2.05, 4.69) is 18.8 Å². The number of hydrogen-bond acceptors (Lipinski definition) is 10. The van der Waals surface area contributed by atoms with Crippen molar-refractivity contribution < 1.29 is 28.1 Å². The predicted molar refractivity (Wildman–Crippen MR) is 198 cm³/mol. The third kappa shape index (κ3) is 39.2. The number of ether oxygens (including phenoxy) is 2. The van der Waals surface area contributed by atoms with Crippen molar-refractivity contribution in [3.63, 3.8) is 0 Å². The minimum atomic E-state index is -1.30. The lowest BCUT2D eigenvalue weighted by molar-refractivity contribution is 0.0653. The number of unbranched alkanes of at least 4 members (excludes halogenated alkanes) is 8. The third-order valence-electron chi connectivity index (χ3n) is 6.29. The number of hydrogen-bond donors (Lipinski definition) is 3. The highest BCUT2D eigenvalue weighted by Crippen LogP contribution is 2.25. The fourth-order valence-corrected chi connectivity index (χ4v) is 5.28. The molecule has 0 fully saturated rings. The van der Waals surface area contributed by atoms with Crippen LogP contribution in [0.1, 0.15) is 118 Å². The highest BCUT2D eigenvalue weighted by atomic mass is 32.7. The Labute approximate surface area is 284 Å². The van der Waals surface area contributed by atoms with Crippen LogP contribution in [0.15, 0.2) is 4.99 Å². The minimum absolute atomic E-state index is 0.113. The largest absolute Gasteiger partial charge is 0.393 e. The summed E-state index contributed by atoms with van der Waals surface area (Å²) in [5.41, 5.74) is 6.76. The second kappa shape index (κ2) is 37.5. The average Bonchev–Trinajstić information content (AvgIpc) is 3.04. The number of aliphatic imine (C=N–C) groups is 1. The van der Waals surface area contributed by atoms with Crippen LogP contribution in [0.4, 0.5) is 0 Å². The van der Waals surface area contributed by atoms with Crippen molar-refractivity contribution in [3.05, 3.63) is 0 Å². The van der Waals surface area contributed by atoms with E-state index in [0.717, 1.165) is 69.8 Å². The van der Waals surface area contributed by atoms with Crippen molar-refractivity contribution >= 4 is 59.3 Å². The number of nitrogens with two attached hydrogens (primary N) is 1. The number of rotatable bonds is 33. The van der Waals surface area contributed by atoms with E-state index in [0.29, 0.717) is 52.5 Å². The summed E-state index contributed by atoms with van der Waals surface area (Å²) in [6.45, 7) is 10.8. The Kier molecular flexibility index (Phi) is 33.6. The SMILES string of the molecule is [2H]P([B][3H])SOC[C@@H](COCC[C@H](O)CCCCCCC)N=C(C)C.[2H]P([B][3H])SOC[C@H](N)COCC[C@H](O)CCCCCCC. The molecule has 0 bridgehead atoms. The normalized spacial score (nSPS) is 16.6. The first-order chi connectivity index (χ1) is 22.6. The Morgan fingerprint density at radius 1 is 0.791 bits per heavy atom. The lowest BCUT2D eigenvalue weighted by Gasteiger charge is -2.15. The molecule has 4 N–H and O–H groups in total. The minimum Gasteiger partial charge on any atom is -0.393 e. The third-order valence-corrected chi connectivity index (χ3v) is 8.09. The molecule has 254 valence electrons. The smallest absolute Gasteiger partial charge is 0.137 e. The van der Waals surface area contributed by atoms with Crippen LogP contribution >= 0.6 is 38.5 Å². The Hall–Kier alpha value is 1.08. The standard InChI is InChI=1S/C16H34BNO3PS.C13H30BNO3PS/c1-4-5-6-7-8-9-16(19)10-11-20-12-15(18-14(2)3)13-21-23-22-17;1-2-3-4-5-6-7-13(16)8-9-17-10-12(15)11-18-20-19-14/h15-17,19,22H,4-13H2,1-3H3;12-14,16,19H,2-11,15H2,1H3/t15-,16-,22?;12-,13-,19?/m11/s1/i17T,22D;14T,19D. The van der Waals surface area contributed by atoms with Gasteiger partial charge in [-0.15, -0.1) is 0 Å². The molecule has 0 amide bonds. The van der Waals surface area contributed by atoms with Crippen LogP contribution in [-0.2, 0) is 17.8 Å². The van der Waals surface area contributed by atoms with Crippen molar-refractivity contribution in [2.75, 3.05) is 39.6 Å². The van der Waals surface area contributed by atoms with E-state index in [9.17, 15) is 10.2 Å². The van der Waals surface area contributed by atoms with Crippen LogP contribution in [-0.4, -0.2) is 100 Å². The van der Waals surface area contributed by atoms with E-state index < -0.39 is 15.2 Å².